The maximum atomic E-state index is 12.1. The van der Waals surface area contributed by atoms with Crippen LogP contribution in [0.3, 0.4) is 0 Å². The minimum atomic E-state index is -0.813. The third-order valence-electron chi connectivity index (χ3n) is 3.77. The van der Waals surface area contributed by atoms with Gasteiger partial charge in [0.2, 0.25) is 0 Å². The molecule has 0 saturated carbocycles. The van der Waals surface area contributed by atoms with Gasteiger partial charge in [0.15, 0.2) is 18.1 Å². The van der Waals surface area contributed by atoms with Crippen LogP contribution >= 0.6 is 0 Å². The number of amides is 1. The van der Waals surface area contributed by atoms with E-state index in [-0.39, 0.29) is 11.6 Å². The smallest absolute Gasteiger partial charge is 0.378 e. The van der Waals surface area contributed by atoms with Crippen LogP contribution in [-0.2, 0) is 9.53 Å². The fourth-order valence-corrected chi connectivity index (χ4v) is 2.51. The molecule has 10 heteroatoms. The van der Waals surface area contributed by atoms with Crippen LogP contribution in [-0.4, -0.2) is 51.3 Å². The fraction of sp³-hybridized carbons (Fsp3) is 0.316. The lowest BCUT2D eigenvalue weighted by atomic mass is 10.2. The maximum Gasteiger partial charge on any atom is 0.378 e. The highest BCUT2D eigenvalue weighted by Crippen LogP contribution is 2.30. The number of fused-ring (bicyclic) bond motifs is 1. The fourth-order valence-electron chi connectivity index (χ4n) is 2.51. The van der Waals surface area contributed by atoms with Crippen molar-refractivity contribution in [2.45, 2.75) is 20.8 Å². The van der Waals surface area contributed by atoms with Crippen molar-refractivity contribution in [2.75, 3.05) is 25.1 Å². The molecule has 0 saturated heterocycles. The molecule has 0 radical (unpaired) electrons. The molecular formula is C19H21N5O5. The lowest BCUT2D eigenvalue weighted by Crippen LogP contribution is -2.21. The second kappa shape index (κ2) is 9.00. The van der Waals surface area contributed by atoms with Crippen LogP contribution in [0.1, 0.15) is 30.2 Å². The van der Waals surface area contributed by atoms with E-state index in [4.69, 9.17) is 14.2 Å². The summed E-state index contributed by atoms with van der Waals surface area (Å²) in [4.78, 5) is 32.3. The third kappa shape index (κ3) is 4.78. The summed E-state index contributed by atoms with van der Waals surface area (Å²) >= 11 is 0. The van der Waals surface area contributed by atoms with Gasteiger partial charge in [0.1, 0.15) is 0 Å². The van der Waals surface area contributed by atoms with Gasteiger partial charge in [-0.1, -0.05) is 0 Å². The number of esters is 1. The first-order chi connectivity index (χ1) is 14.0. The molecular weight excluding hydrogens is 378 g/mol. The molecule has 2 heterocycles. The number of anilines is 1. The number of benzene rings is 1. The summed E-state index contributed by atoms with van der Waals surface area (Å²) in [7, 11) is 0. The second-order valence-corrected chi connectivity index (χ2v) is 5.89. The van der Waals surface area contributed by atoms with Crippen molar-refractivity contribution in [3.8, 4) is 11.5 Å². The minimum absolute atomic E-state index is 0.167. The zero-order valence-electron chi connectivity index (χ0n) is 16.3. The van der Waals surface area contributed by atoms with Gasteiger partial charge in [-0.05, 0) is 39.0 Å². The highest BCUT2D eigenvalue weighted by molar-refractivity contribution is 5.94. The summed E-state index contributed by atoms with van der Waals surface area (Å²) in [6, 6.07) is 6.75. The number of carbonyl (C=O) groups excluding carboxylic acids is 2. The molecule has 0 aliphatic carbocycles. The molecule has 10 nitrogen and oxygen atoms in total. The van der Waals surface area contributed by atoms with Gasteiger partial charge < -0.3 is 19.5 Å². The largest absolute Gasteiger partial charge is 0.490 e. The lowest BCUT2D eigenvalue weighted by molar-refractivity contribution is -0.119. The summed E-state index contributed by atoms with van der Waals surface area (Å²) in [5.41, 5.74) is 1.25. The molecule has 1 amide bonds. The normalized spacial score (nSPS) is 10.6. The molecule has 0 fully saturated rings. The Balaban J connectivity index is 1.61. The average Bonchev–Trinajstić information content (AvgIpc) is 3.14. The van der Waals surface area contributed by atoms with Crippen LogP contribution in [0.25, 0.3) is 5.78 Å². The van der Waals surface area contributed by atoms with Gasteiger partial charge in [0.25, 0.3) is 17.5 Å². The first-order valence-electron chi connectivity index (χ1n) is 9.06. The van der Waals surface area contributed by atoms with E-state index in [9.17, 15) is 9.59 Å². The summed E-state index contributed by atoms with van der Waals surface area (Å²) in [5.74, 6) is -0.116. The number of carbonyl (C=O) groups is 2. The van der Waals surface area contributed by atoms with Gasteiger partial charge in [0.05, 0.1) is 13.2 Å². The van der Waals surface area contributed by atoms with E-state index in [1.165, 1.54) is 4.52 Å². The van der Waals surface area contributed by atoms with Gasteiger partial charge >= 0.3 is 5.97 Å². The van der Waals surface area contributed by atoms with E-state index in [0.717, 1.165) is 5.69 Å². The number of nitrogens with one attached hydrogen (secondary N) is 1. The molecule has 3 rings (SSSR count). The first kappa shape index (κ1) is 20.1. The Kier molecular flexibility index (Phi) is 6.22. The van der Waals surface area contributed by atoms with E-state index >= 15 is 0 Å². The molecule has 0 unspecified atom stereocenters. The Morgan fingerprint density at radius 3 is 2.59 bits per heavy atom. The predicted molar refractivity (Wildman–Crippen MR) is 103 cm³/mol. The highest BCUT2D eigenvalue weighted by Gasteiger charge is 2.17. The molecule has 1 aromatic carbocycles. The Morgan fingerprint density at radius 1 is 1.10 bits per heavy atom. The minimum Gasteiger partial charge on any atom is -0.490 e. The monoisotopic (exact) mass is 399 g/mol. The zero-order chi connectivity index (χ0) is 20.8. The van der Waals surface area contributed by atoms with Gasteiger partial charge in [0, 0.05) is 23.6 Å². The van der Waals surface area contributed by atoms with Gasteiger partial charge in [-0.25, -0.2) is 14.3 Å². The molecule has 2 aromatic heterocycles. The molecule has 0 spiro atoms. The van der Waals surface area contributed by atoms with Crippen molar-refractivity contribution in [1.82, 2.24) is 19.6 Å². The standard InChI is InChI=1S/C19H21N5O5/c1-4-27-14-7-6-13(10-15(14)28-5-2)21-16(25)11-29-18(26)17-22-19-20-9-8-12(3)24(19)23-17/h6-10H,4-5,11H2,1-3H3,(H,21,25). The molecule has 0 atom stereocenters. The van der Waals surface area contributed by atoms with Gasteiger partial charge in [-0.3, -0.25) is 4.79 Å². The van der Waals surface area contributed by atoms with Crippen molar-refractivity contribution in [3.05, 3.63) is 42.0 Å². The Labute approximate surface area is 166 Å². The Morgan fingerprint density at radius 2 is 1.86 bits per heavy atom. The van der Waals surface area contributed by atoms with Crippen molar-refractivity contribution in [1.29, 1.82) is 0 Å². The molecule has 0 aliphatic rings. The average molecular weight is 399 g/mol. The van der Waals surface area contributed by atoms with Crippen molar-refractivity contribution < 1.29 is 23.8 Å². The molecule has 29 heavy (non-hydrogen) atoms. The first-order valence-corrected chi connectivity index (χ1v) is 9.06. The van der Waals surface area contributed by atoms with E-state index < -0.39 is 18.5 Å². The van der Waals surface area contributed by atoms with Gasteiger partial charge in [-0.15, -0.1) is 5.10 Å². The predicted octanol–water partition coefficient (Wildman–Crippen LogP) is 2.03. The maximum absolute atomic E-state index is 12.1. The quantitative estimate of drug-likeness (QED) is 0.572. The van der Waals surface area contributed by atoms with Crippen LogP contribution in [0.4, 0.5) is 5.69 Å². The van der Waals surface area contributed by atoms with Crippen LogP contribution in [0, 0.1) is 6.92 Å². The lowest BCUT2D eigenvalue weighted by Gasteiger charge is -2.13. The summed E-state index contributed by atoms with van der Waals surface area (Å²) in [6.45, 7) is 5.99. The van der Waals surface area contributed by atoms with Crippen LogP contribution in [0.5, 0.6) is 11.5 Å². The number of ether oxygens (including phenoxy) is 3. The molecule has 0 aliphatic heterocycles. The molecule has 1 N–H and O–H groups in total. The van der Waals surface area contributed by atoms with E-state index in [2.05, 4.69) is 20.4 Å². The molecule has 0 bridgehead atoms. The highest BCUT2D eigenvalue weighted by atomic mass is 16.5. The number of rotatable bonds is 8. The molecule has 3 aromatic rings. The van der Waals surface area contributed by atoms with Gasteiger partial charge in [-0.2, -0.15) is 4.98 Å². The second-order valence-electron chi connectivity index (χ2n) is 5.89. The topological polar surface area (TPSA) is 117 Å². The Bertz CT molecular complexity index is 1030. The Hall–Kier alpha value is -3.69. The summed E-state index contributed by atoms with van der Waals surface area (Å²) in [6.07, 6.45) is 1.56. The van der Waals surface area contributed by atoms with Crippen LogP contribution in [0.2, 0.25) is 0 Å². The number of aryl methyl sites for hydroxylation is 1. The zero-order valence-corrected chi connectivity index (χ0v) is 16.3. The summed E-state index contributed by atoms with van der Waals surface area (Å²) in [5, 5.41) is 6.68. The van der Waals surface area contributed by atoms with E-state index in [0.29, 0.717) is 30.4 Å². The third-order valence-corrected chi connectivity index (χ3v) is 3.77. The molecule has 152 valence electrons. The van der Waals surface area contributed by atoms with Crippen molar-refractivity contribution in [3.63, 3.8) is 0 Å². The van der Waals surface area contributed by atoms with E-state index in [1.807, 2.05) is 13.8 Å². The van der Waals surface area contributed by atoms with Crippen LogP contribution in [0.15, 0.2) is 30.5 Å². The SMILES string of the molecule is CCOc1ccc(NC(=O)COC(=O)c2nc3nccc(C)n3n2)cc1OCC. The number of aromatic nitrogens is 4. The summed E-state index contributed by atoms with van der Waals surface area (Å²) < 4.78 is 17.4. The number of hydrogen-bond donors (Lipinski definition) is 1. The number of hydrogen-bond acceptors (Lipinski definition) is 8. The van der Waals surface area contributed by atoms with E-state index in [1.54, 1.807) is 37.4 Å². The van der Waals surface area contributed by atoms with Crippen molar-refractivity contribution >= 4 is 23.3 Å². The van der Waals surface area contributed by atoms with Crippen LogP contribution < -0.4 is 14.8 Å². The number of nitrogens with zero attached hydrogens (tertiary/aromatic N) is 4. The van der Waals surface area contributed by atoms with Crippen molar-refractivity contribution in [2.24, 2.45) is 0 Å².